The minimum Gasteiger partial charge on any atom is -0.481 e. The largest absolute Gasteiger partial charge is 0.481 e. The maximum atomic E-state index is 12.5. The first-order valence-corrected chi connectivity index (χ1v) is 10.5. The average molecular weight is 411 g/mol. The molecule has 30 heavy (non-hydrogen) atoms. The molecule has 0 bridgehead atoms. The Morgan fingerprint density at radius 3 is 2.57 bits per heavy atom. The molecule has 160 valence electrons. The van der Waals surface area contributed by atoms with Crippen molar-refractivity contribution in [2.75, 3.05) is 18.5 Å². The number of amides is 2. The summed E-state index contributed by atoms with van der Waals surface area (Å²) in [6.07, 6.45) is 1.41. The number of hydrogen-bond donors (Lipinski definition) is 2. The van der Waals surface area contributed by atoms with Gasteiger partial charge >= 0.3 is 0 Å². The van der Waals surface area contributed by atoms with Gasteiger partial charge in [0.25, 0.3) is 11.8 Å². The Labute approximate surface area is 178 Å². The van der Waals surface area contributed by atoms with Crippen LogP contribution in [0.25, 0.3) is 0 Å². The van der Waals surface area contributed by atoms with Gasteiger partial charge in [-0.1, -0.05) is 32.0 Å². The van der Waals surface area contributed by atoms with E-state index in [-0.39, 0.29) is 17.9 Å². The summed E-state index contributed by atoms with van der Waals surface area (Å²) in [5.41, 5.74) is 2.26. The molecule has 2 aromatic rings. The molecule has 1 fully saturated rings. The molecular weight excluding hydrogens is 380 g/mol. The third kappa shape index (κ3) is 6.07. The van der Waals surface area contributed by atoms with Crippen LogP contribution in [0.15, 0.2) is 48.5 Å². The van der Waals surface area contributed by atoms with E-state index < -0.39 is 6.10 Å². The van der Waals surface area contributed by atoms with E-state index in [9.17, 15) is 9.59 Å². The summed E-state index contributed by atoms with van der Waals surface area (Å²) in [5.74, 6) is 0.621. The third-order valence-corrected chi connectivity index (χ3v) is 5.14. The second-order valence-corrected chi connectivity index (χ2v) is 7.90. The molecule has 2 N–H and O–H groups in total. The fraction of sp³-hybridized carbons (Fsp3) is 0.417. The quantitative estimate of drug-likeness (QED) is 0.686. The summed E-state index contributed by atoms with van der Waals surface area (Å²) in [6, 6.07) is 14.6. The first-order valence-electron chi connectivity index (χ1n) is 10.5. The molecule has 6 nitrogen and oxygen atoms in total. The molecule has 1 saturated heterocycles. The number of benzene rings is 2. The van der Waals surface area contributed by atoms with Crippen LogP contribution in [-0.4, -0.2) is 37.2 Å². The first-order chi connectivity index (χ1) is 14.4. The van der Waals surface area contributed by atoms with Crippen LogP contribution in [-0.2, 0) is 9.53 Å². The molecule has 1 heterocycles. The number of rotatable bonds is 8. The molecule has 2 unspecified atom stereocenters. The highest BCUT2D eigenvalue weighted by Crippen LogP contribution is 2.20. The Kier molecular flexibility index (Phi) is 7.46. The first kappa shape index (κ1) is 21.8. The summed E-state index contributed by atoms with van der Waals surface area (Å²) >= 11 is 0. The lowest BCUT2D eigenvalue weighted by Gasteiger charge is -2.16. The Bertz CT molecular complexity index is 858. The molecular formula is C24H30N2O4. The van der Waals surface area contributed by atoms with Gasteiger partial charge in [0, 0.05) is 24.4 Å². The van der Waals surface area contributed by atoms with Crippen molar-refractivity contribution in [3.63, 3.8) is 0 Å². The Hall–Kier alpha value is -2.86. The van der Waals surface area contributed by atoms with Gasteiger partial charge in [0.15, 0.2) is 6.10 Å². The summed E-state index contributed by atoms with van der Waals surface area (Å²) in [7, 11) is 0. The van der Waals surface area contributed by atoms with Crippen molar-refractivity contribution in [2.24, 2.45) is 0 Å². The zero-order valence-electron chi connectivity index (χ0n) is 17.8. The lowest BCUT2D eigenvalue weighted by Crippen LogP contribution is -2.32. The van der Waals surface area contributed by atoms with Crippen LogP contribution in [0, 0.1) is 0 Å². The van der Waals surface area contributed by atoms with Crippen molar-refractivity contribution in [3.05, 3.63) is 59.7 Å². The van der Waals surface area contributed by atoms with E-state index in [1.54, 1.807) is 31.2 Å². The highest BCUT2D eigenvalue weighted by atomic mass is 16.5. The van der Waals surface area contributed by atoms with Crippen molar-refractivity contribution in [1.82, 2.24) is 5.32 Å². The summed E-state index contributed by atoms with van der Waals surface area (Å²) in [5, 5.41) is 5.70. The number of hydrogen-bond acceptors (Lipinski definition) is 4. The molecule has 0 spiro atoms. The predicted molar refractivity (Wildman–Crippen MR) is 117 cm³/mol. The number of anilines is 1. The van der Waals surface area contributed by atoms with Crippen molar-refractivity contribution >= 4 is 17.5 Å². The average Bonchev–Trinajstić information content (AvgIpc) is 3.26. The third-order valence-electron chi connectivity index (χ3n) is 5.14. The zero-order chi connectivity index (χ0) is 21.5. The van der Waals surface area contributed by atoms with Gasteiger partial charge in [0.05, 0.1) is 6.10 Å². The zero-order valence-corrected chi connectivity index (χ0v) is 17.8. The molecule has 2 amide bonds. The number of carbonyl (C=O) groups excluding carboxylic acids is 2. The molecule has 2 aromatic carbocycles. The van der Waals surface area contributed by atoms with Crippen molar-refractivity contribution < 1.29 is 19.1 Å². The Morgan fingerprint density at radius 1 is 1.13 bits per heavy atom. The molecule has 1 aliphatic rings. The minimum absolute atomic E-state index is 0.0874. The molecule has 0 saturated carbocycles. The van der Waals surface area contributed by atoms with E-state index in [2.05, 4.69) is 24.5 Å². The van der Waals surface area contributed by atoms with Crippen molar-refractivity contribution in [2.45, 2.75) is 51.7 Å². The van der Waals surface area contributed by atoms with Gasteiger partial charge in [-0.2, -0.15) is 0 Å². The van der Waals surface area contributed by atoms with E-state index in [1.165, 1.54) is 5.56 Å². The number of carbonyl (C=O) groups is 2. The smallest absolute Gasteiger partial charge is 0.265 e. The topological polar surface area (TPSA) is 76.7 Å². The van der Waals surface area contributed by atoms with E-state index in [0.29, 0.717) is 29.5 Å². The summed E-state index contributed by atoms with van der Waals surface area (Å²) < 4.78 is 11.3. The van der Waals surface area contributed by atoms with Crippen LogP contribution in [0.5, 0.6) is 5.75 Å². The lowest BCUT2D eigenvalue weighted by atomic mass is 10.0. The van der Waals surface area contributed by atoms with Crippen LogP contribution >= 0.6 is 0 Å². The Balaban J connectivity index is 1.53. The fourth-order valence-electron chi connectivity index (χ4n) is 3.28. The van der Waals surface area contributed by atoms with Crippen LogP contribution in [0.3, 0.4) is 0 Å². The SMILES string of the molecule is CC(Oc1ccc(C(C)C)cc1)C(=O)Nc1cccc(C(=O)NCC2CCCO2)c1. The van der Waals surface area contributed by atoms with Gasteiger partial charge in [-0.05, 0) is 61.6 Å². The normalized spacial score (nSPS) is 16.9. The fourth-order valence-corrected chi connectivity index (χ4v) is 3.28. The minimum atomic E-state index is -0.674. The van der Waals surface area contributed by atoms with Gasteiger partial charge in [-0.25, -0.2) is 0 Å². The van der Waals surface area contributed by atoms with Crippen LogP contribution in [0.2, 0.25) is 0 Å². The highest BCUT2D eigenvalue weighted by molar-refractivity contribution is 5.98. The highest BCUT2D eigenvalue weighted by Gasteiger charge is 2.18. The van der Waals surface area contributed by atoms with Gasteiger partial charge in [0.1, 0.15) is 5.75 Å². The molecule has 1 aliphatic heterocycles. The molecule has 0 aromatic heterocycles. The molecule has 0 aliphatic carbocycles. The van der Waals surface area contributed by atoms with Gasteiger partial charge in [-0.3, -0.25) is 9.59 Å². The number of ether oxygens (including phenoxy) is 2. The van der Waals surface area contributed by atoms with E-state index >= 15 is 0 Å². The second kappa shape index (κ2) is 10.3. The monoisotopic (exact) mass is 410 g/mol. The van der Waals surface area contributed by atoms with E-state index in [1.807, 2.05) is 24.3 Å². The Morgan fingerprint density at radius 2 is 1.90 bits per heavy atom. The lowest BCUT2D eigenvalue weighted by molar-refractivity contribution is -0.122. The molecule has 3 rings (SSSR count). The maximum absolute atomic E-state index is 12.5. The van der Waals surface area contributed by atoms with Gasteiger partial charge in [0.2, 0.25) is 0 Å². The van der Waals surface area contributed by atoms with Crippen molar-refractivity contribution in [3.8, 4) is 5.75 Å². The van der Waals surface area contributed by atoms with Crippen LogP contribution in [0.4, 0.5) is 5.69 Å². The van der Waals surface area contributed by atoms with E-state index in [0.717, 1.165) is 19.4 Å². The summed E-state index contributed by atoms with van der Waals surface area (Å²) in [4.78, 5) is 24.9. The van der Waals surface area contributed by atoms with Crippen molar-refractivity contribution in [1.29, 1.82) is 0 Å². The van der Waals surface area contributed by atoms with Crippen LogP contribution < -0.4 is 15.4 Å². The summed E-state index contributed by atoms with van der Waals surface area (Å²) in [6.45, 7) is 7.20. The maximum Gasteiger partial charge on any atom is 0.265 e. The predicted octanol–water partition coefficient (Wildman–Crippen LogP) is 4.12. The van der Waals surface area contributed by atoms with Crippen LogP contribution in [0.1, 0.15) is 55.5 Å². The molecule has 2 atom stereocenters. The molecule has 6 heteroatoms. The van der Waals surface area contributed by atoms with E-state index in [4.69, 9.17) is 9.47 Å². The standard InChI is InChI=1S/C24H30N2O4/c1-16(2)18-9-11-21(12-10-18)30-17(3)23(27)26-20-7-4-6-19(14-20)24(28)25-15-22-8-5-13-29-22/h4,6-7,9-12,14,16-17,22H,5,8,13,15H2,1-3H3,(H,25,28)(H,26,27). The van der Waals surface area contributed by atoms with Gasteiger partial charge < -0.3 is 20.1 Å². The second-order valence-electron chi connectivity index (χ2n) is 7.90. The molecule has 0 radical (unpaired) electrons. The van der Waals surface area contributed by atoms with Gasteiger partial charge in [-0.15, -0.1) is 0 Å². The number of nitrogens with one attached hydrogen (secondary N) is 2.